The number of H-pyrrole nitrogens is 1. The Bertz CT molecular complexity index is 1360. The Labute approximate surface area is 182 Å². The van der Waals surface area contributed by atoms with Crippen LogP contribution in [0.2, 0.25) is 0 Å². The number of nitro groups is 1. The Hall–Kier alpha value is -4.55. The first kappa shape index (κ1) is 21.7. The van der Waals surface area contributed by atoms with Crippen LogP contribution >= 0.6 is 0 Å². The molecule has 0 aliphatic carbocycles. The standard InChI is InChI=1S/C20H13F3N6O4/c1-10-15(24-18(33-10)12-5-2-6-13(8-12)20(21,22)23)17(30)26-19-25-16(27-28-19)11-4-3-7-14(9-11)29(31)32/h2-9H,1H3,(H2,25,26,27,28,30). The van der Waals surface area contributed by atoms with E-state index in [1.807, 2.05) is 0 Å². The van der Waals surface area contributed by atoms with E-state index in [2.05, 4.69) is 25.5 Å². The summed E-state index contributed by atoms with van der Waals surface area (Å²) in [6, 6.07) is 10.0. The van der Waals surface area contributed by atoms with Crippen molar-refractivity contribution in [3.8, 4) is 22.8 Å². The predicted octanol–water partition coefficient (Wildman–Crippen LogP) is 4.61. The van der Waals surface area contributed by atoms with E-state index in [-0.39, 0.29) is 40.4 Å². The van der Waals surface area contributed by atoms with Crippen molar-refractivity contribution in [3.05, 3.63) is 75.7 Å². The van der Waals surface area contributed by atoms with Crippen LogP contribution in [0.25, 0.3) is 22.8 Å². The summed E-state index contributed by atoms with van der Waals surface area (Å²) < 4.78 is 44.3. The number of halogens is 3. The summed E-state index contributed by atoms with van der Waals surface area (Å²) in [6.07, 6.45) is -4.54. The summed E-state index contributed by atoms with van der Waals surface area (Å²) in [5, 5.41) is 19.7. The third kappa shape index (κ3) is 4.56. The van der Waals surface area contributed by atoms with Crippen LogP contribution in [0.15, 0.2) is 52.9 Å². The molecule has 2 heterocycles. The highest BCUT2D eigenvalue weighted by Gasteiger charge is 2.31. The monoisotopic (exact) mass is 458 g/mol. The van der Waals surface area contributed by atoms with E-state index in [1.54, 1.807) is 6.07 Å². The van der Waals surface area contributed by atoms with Crippen molar-refractivity contribution >= 4 is 17.5 Å². The number of non-ortho nitro benzene ring substituents is 1. The number of anilines is 1. The van der Waals surface area contributed by atoms with Crippen molar-refractivity contribution in [2.24, 2.45) is 0 Å². The summed E-state index contributed by atoms with van der Waals surface area (Å²) in [4.78, 5) is 31.1. The van der Waals surface area contributed by atoms with Crippen molar-refractivity contribution in [2.75, 3.05) is 5.32 Å². The lowest BCUT2D eigenvalue weighted by atomic mass is 10.1. The number of nitro benzene ring substituents is 1. The van der Waals surface area contributed by atoms with Gasteiger partial charge < -0.3 is 4.42 Å². The number of alkyl halides is 3. The molecule has 2 N–H and O–H groups in total. The maximum absolute atomic E-state index is 13.0. The normalized spacial score (nSPS) is 11.4. The highest BCUT2D eigenvalue weighted by atomic mass is 19.4. The maximum atomic E-state index is 13.0. The van der Waals surface area contributed by atoms with Gasteiger partial charge in [0.2, 0.25) is 11.8 Å². The summed E-state index contributed by atoms with van der Waals surface area (Å²) in [6.45, 7) is 1.44. The van der Waals surface area contributed by atoms with Crippen molar-refractivity contribution in [3.63, 3.8) is 0 Å². The molecule has 0 unspecified atom stereocenters. The minimum Gasteiger partial charge on any atom is -0.441 e. The van der Waals surface area contributed by atoms with E-state index >= 15 is 0 Å². The van der Waals surface area contributed by atoms with E-state index in [0.717, 1.165) is 12.1 Å². The smallest absolute Gasteiger partial charge is 0.416 e. The zero-order valence-corrected chi connectivity index (χ0v) is 16.7. The van der Waals surface area contributed by atoms with Gasteiger partial charge in [0.05, 0.1) is 10.5 Å². The van der Waals surface area contributed by atoms with Crippen LogP contribution in [0.1, 0.15) is 21.8 Å². The van der Waals surface area contributed by atoms with Crippen LogP contribution in [-0.4, -0.2) is 31.0 Å². The topological polar surface area (TPSA) is 140 Å². The van der Waals surface area contributed by atoms with E-state index in [1.165, 1.54) is 37.3 Å². The van der Waals surface area contributed by atoms with E-state index in [4.69, 9.17) is 4.42 Å². The van der Waals surface area contributed by atoms with Gasteiger partial charge in [-0.3, -0.25) is 25.3 Å². The molecule has 0 aliphatic rings. The number of carbonyl (C=O) groups is 1. The number of rotatable bonds is 5. The second-order valence-corrected chi connectivity index (χ2v) is 6.77. The molecule has 0 aliphatic heterocycles. The number of aromatic amines is 1. The molecular weight excluding hydrogens is 445 g/mol. The number of hydrogen-bond acceptors (Lipinski definition) is 7. The van der Waals surface area contributed by atoms with Gasteiger partial charge in [0.1, 0.15) is 5.76 Å². The van der Waals surface area contributed by atoms with Crippen LogP contribution in [-0.2, 0) is 6.18 Å². The Balaban J connectivity index is 1.54. The zero-order valence-electron chi connectivity index (χ0n) is 16.7. The molecule has 0 spiro atoms. The lowest BCUT2D eigenvalue weighted by molar-refractivity contribution is -0.384. The quantitative estimate of drug-likeness (QED) is 0.329. The van der Waals surface area contributed by atoms with E-state index in [0.29, 0.717) is 5.56 Å². The molecule has 33 heavy (non-hydrogen) atoms. The predicted molar refractivity (Wildman–Crippen MR) is 108 cm³/mol. The number of hydrogen-bond donors (Lipinski definition) is 2. The van der Waals surface area contributed by atoms with Gasteiger partial charge in [0.25, 0.3) is 11.6 Å². The maximum Gasteiger partial charge on any atom is 0.416 e. The number of amides is 1. The number of nitrogens with zero attached hydrogens (tertiary/aromatic N) is 4. The Kier molecular flexibility index (Phi) is 5.37. The van der Waals surface area contributed by atoms with Gasteiger partial charge in [0.15, 0.2) is 11.5 Å². The van der Waals surface area contributed by atoms with Crippen molar-refractivity contribution in [1.82, 2.24) is 20.2 Å². The number of aryl methyl sites for hydroxylation is 1. The molecular formula is C20H13F3N6O4. The SMILES string of the molecule is Cc1oc(-c2cccc(C(F)(F)F)c2)nc1C(=O)Nc1n[nH]c(-c2cccc([N+](=O)[O-])c2)n1. The van der Waals surface area contributed by atoms with Gasteiger partial charge >= 0.3 is 6.18 Å². The molecule has 10 nitrogen and oxygen atoms in total. The second kappa shape index (κ2) is 8.18. The average molecular weight is 458 g/mol. The van der Waals surface area contributed by atoms with Crippen LogP contribution < -0.4 is 5.32 Å². The van der Waals surface area contributed by atoms with E-state index < -0.39 is 22.6 Å². The van der Waals surface area contributed by atoms with Gasteiger partial charge in [-0.1, -0.05) is 18.2 Å². The zero-order chi connectivity index (χ0) is 23.8. The summed E-state index contributed by atoms with van der Waals surface area (Å²) in [7, 11) is 0. The van der Waals surface area contributed by atoms with Crippen molar-refractivity contribution in [2.45, 2.75) is 13.1 Å². The molecule has 0 saturated carbocycles. The number of nitrogens with one attached hydrogen (secondary N) is 2. The molecule has 0 fully saturated rings. The lowest BCUT2D eigenvalue weighted by Crippen LogP contribution is -2.14. The molecule has 168 valence electrons. The fraction of sp³-hybridized carbons (Fsp3) is 0.100. The molecule has 13 heteroatoms. The number of carbonyl (C=O) groups excluding carboxylic acids is 1. The van der Waals surface area contributed by atoms with E-state index in [9.17, 15) is 28.1 Å². The Morgan fingerprint density at radius 3 is 2.58 bits per heavy atom. The highest BCUT2D eigenvalue weighted by molar-refractivity contribution is 6.02. The third-order valence-electron chi connectivity index (χ3n) is 4.49. The summed E-state index contributed by atoms with van der Waals surface area (Å²) in [5.74, 6) is -0.788. The lowest BCUT2D eigenvalue weighted by Gasteiger charge is -2.06. The second-order valence-electron chi connectivity index (χ2n) is 6.77. The molecule has 0 saturated heterocycles. The highest BCUT2D eigenvalue weighted by Crippen LogP contribution is 2.32. The number of benzene rings is 2. The van der Waals surface area contributed by atoms with Gasteiger partial charge in [-0.05, 0) is 25.1 Å². The average Bonchev–Trinajstić information content (AvgIpc) is 3.40. The Morgan fingerprint density at radius 1 is 1.12 bits per heavy atom. The molecule has 2 aromatic heterocycles. The Morgan fingerprint density at radius 2 is 1.85 bits per heavy atom. The van der Waals surface area contributed by atoms with Crippen LogP contribution in [0.3, 0.4) is 0 Å². The molecule has 0 radical (unpaired) electrons. The molecule has 0 bridgehead atoms. The fourth-order valence-corrected chi connectivity index (χ4v) is 2.93. The first-order valence-corrected chi connectivity index (χ1v) is 9.25. The van der Waals surface area contributed by atoms with Crippen molar-refractivity contribution < 1.29 is 27.3 Å². The first-order chi connectivity index (χ1) is 15.6. The molecule has 2 aromatic carbocycles. The van der Waals surface area contributed by atoms with Gasteiger partial charge in [-0.2, -0.15) is 18.2 Å². The van der Waals surface area contributed by atoms with Gasteiger partial charge in [0, 0.05) is 23.3 Å². The van der Waals surface area contributed by atoms with Gasteiger partial charge in [-0.25, -0.2) is 4.98 Å². The molecule has 4 rings (SSSR count). The third-order valence-corrected chi connectivity index (χ3v) is 4.49. The van der Waals surface area contributed by atoms with Crippen LogP contribution in [0.5, 0.6) is 0 Å². The van der Waals surface area contributed by atoms with Gasteiger partial charge in [-0.15, -0.1) is 5.10 Å². The minimum atomic E-state index is -4.54. The number of aromatic nitrogens is 4. The van der Waals surface area contributed by atoms with Crippen molar-refractivity contribution in [1.29, 1.82) is 0 Å². The summed E-state index contributed by atoms with van der Waals surface area (Å²) >= 11 is 0. The van der Waals surface area contributed by atoms with Crippen LogP contribution in [0, 0.1) is 17.0 Å². The molecule has 0 atom stereocenters. The molecule has 1 amide bonds. The first-order valence-electron chi connectivity index (χ1n) is 9.25. The number of oxazole rings is 1. The van der Waals surface area contributed by atoms with Crippen LogP contribution in [0.4, 0.5) is 24.8 Å². The largest absolute Gasteiger partial charge is 0.441 e. The minimum absolute atomic E-state index is 0.0535. The fourth-order valence-electron chi connectivity index (χ4n) is 2.93. The summed E-state index contributed by atoms with van der Waals surface area (Å²) in [5.41, 5.74) is -0.755. The molecule has 4 aromatic rings.